The van der Waals surface area contributed by atoms with E-state index in [9.17, 15) is 18.0 Å². The van der Waals surface area contributed by atoms with Crippen molar-refractivity contribution in [1.29, 1.82) is 0 Å². The van der Waals surface area contributed by atoms with Crippen molar-refractivity contribution in [2.45, 2.75) is 24.9 Å². The fourth-order valence-electron chi connectivity index (χ4n) is 3.92. The predicted molar refractivity (Wildman–Crippen MR) is 102 cm³/mol. The van der Waals surface area contributed by atoms with E-state index in [1.54, 1.807) is 11.1 Å². The second-order valence-corrected chi connectivity index (χ2v) is 7.12. The number of nitrogens with zero attached hydrogens (tertiary/aromatic N) is 2. The Kier molecular flexibility index (Phi) is 4.94. The van der Waals surface area contributed by atoms with Gasteiger partial charge in [0.2, 0.25) is 0 Å². The van der Waals surface area contributed by atoms with Crippen molar-refractivity contribution < 1.29 is 22.7 Å². The monoisotopic (exact) mass is 403 g/mol. The van der Waals surface area contributed by atoms with Gasteiger partial charge >= 0.3 is 6.18 Å². The third-order valence-electron chi connectivity index (χ3n) is 5.46. The number of likely N-dealkylation sites (tertiary alicyclic amines) is 1. The number of carbonyl (C=O) groups excluding carboxylic acids is 1. The number of carbonyl (C=O) groups is 1. The summed E-state index contributed by atoms with van der Waals surface area (Å²) in [4.78, 5) is 22.1. The van der Waals surface area contributed by atoms with Crippen LogP contribution >= 0.6 is 0 Å². The van der Waals surface area contributed by atoms with Crippen LogP contribution in [0, 0.1) is 0 Å². The minimum atomic E-state index is -4.48. The molecule has 0 saturated carbocycles. The van der Waals surface area contributed by atoms with Crippen LogP contribution in [0.25, 0.3) is 11.0 Å². The number of pyridine rings is 1. The smallest absolute Gasteiger partial charge is 0.416 e. The first-order valence-corrected chi connectivity index (χ1v) is 9.35. The molecule has 3 aromatic rings. The molecule has 8 heteroatoms. The Labute approximate surface area is 165 Å². The van der Waals surface area contributed by atoms with Crippen LogP contribution in [0.4, 0.5) is 13.2 Å². The maximum Gasteiger partial charge on any atom is 0.416 e. The SMILES string of the molecule is COc1cc(C(F)(F)F)ccc1C(=O)N1CCC(c2c[nH]c3ncccc23)CC1. The molecule has 0 unspecified atom stereocenters. The van der Waals surface area contributed by atoms with Crippen molar-refractivity contribution in [2.24, 2.45) is 0 Å². The van der Waals surface area contributed by atoms with Gasteiger partial charge in [-0.15, -0.1) is 0 Å². The van der Waals surface area contributed by atoms with Gasteiger partial charge in [0.25, 0.3) is 5.91 Å². The van der Waals surface area contributed by atoms with Gasteiger partial charge in [0.05, 0.1) is 18.2 Å². The largest absolute Gasteiger partial charge is 0.496 e. The molecule has 0 spiro atoms. The number of halogens is 3. The molecule has 152 valence electrons. The number of aromatic nitrogens is 2. The molecule has 0 aliphatic carbocycles. The maximum absolute atomic E-state index is 12.9. The van der Waals surface area contributed by atoms with Crippen molar-refractivity contribution in [1.82, 2.24) is 14.9 Å². The Hall–Kier alpha value is -3.03. The molecule has 5 nitrogen and oxygen atoms in total. The average Bonchev–Trinajstić information content (AvgIpc) is 3.16. The normalized spacial score (nSPS) is 15.7. The number of aromatic amines is 1. The number of benzene rings is 1. The fraction of sp³-hybridized carbons (Fsp3) is 0.333. The van der Waals surface area contributed by atoms with Crippen LogP contribution in [0.15, 0.2) is 42.7 Å². The number of alkyl halides is 3. The summed E-state index contributed by atoms with van der Waals surface area (Å²) in [6.45, 7) is 1.06. The van der Waals surface area contributed by atoms with Gasteiger partial charge in [0, 0.05) is 30.9 Å². The van der Waals surface area contributed by atoms with Gasteiger partial charge in [0.1, 0.15) is 11.4 Å². The topological polar surface area (TPSA) is 58.2 Å². The van der Waals surface area contributed by atoms with Crippen LogP contribution < -0.4 is 4.74 Å². The van der Waals surface area contributed by atoms with Gasteiger partial charge < -0.3 is 14.6 Å². The fourth-order valence-corrected chi connectivity index (χ4v) is 3.92. The molecule has 1 saturated heterocycles. The Balaban J connectivity index is 1.49. The highest BCUT2D eigenvalue weighted by atomic mass is 19.4. The van der Waals surface area contributed by atoms with Crippen LogP contribution in [0.5, 0.6) is 5.75 Å². The van der Waals surface area contributed by atoms with Crippen molar-refractivity contribution in [2.75, 3.05) is 20.2 Å². The minimum Gasteiger partial charge on any atom is -0.496 e. The van der Waals surface area contributed by atoms with Crippen LogP contribution in [-0.4, -0.2) is 41.0 Å². The lowest BCUT2D eigenvalue weighted by atomic mass is 9.89. The van der Waals surface area contributed by atoms with Gasteiger partial charge in [-0.05, 0) is 54.7 Å². The molecule has 1 amide bonds. The lowest BCUT2D eigenvalue weighted by molar-refractivity contribution is -0.137. The van der Waals surface area contributed by atoms with Gasteiger partial charge in [-0.3, -0.25) is 4.79 Å². The van der Waals surface area contributed by atoms with Gasteiger partial charge in [0.15, 0.2) is 0 Å². The van der Waals surface area contributed by atoms with E-state index in [-0.39, 0.29) is 17.2 Å². The van der Waals surface area contributed by atoms with E-state index in [1.807, 2.05) is 18.3 Å². The Bertz CT molecular complexity index is 1040. The summed E-state index contributed by atoms with van der Waals surface area (Å²) in [5.41, 5.74) is 1.34. The van der Waals surface area contributed by atoms with Gasteiger partial charge in [-0.25, -0.2) is 4.98 Å². The standard InChI is InChI=1S/C21H20F3N3O2/c1-29-18-11-14(21(22,23)24)4-5-16(18)20(28)27-9-6-13(7-10-27)17-12-26-19-15(17)3-2-8-25-19/h2-5,8,11-13H,6-7,9-10H2,1H3,(H,25,26). The molecule has 4 rings (SSSR count). The number of hydrogen-bond acceptors (Lipinski definition) is 3. The Morgan fingerprint density at radius 3 is 2.69 bits per heavy atom. The first-order chi connectivity index (χ1) is 13.9. The molecule has 3 heterocycles. The predicted octanol–water partition coefficient (Wildman–Crippen LogP) is 4.61. The highest BCUT2D eigenvalue weighted by Gasteiger charge is 2.33. The molecule has 1 aliphatic heterocycles. The minimum absolute atomic E-state index is 0.0605. The van der Waals surface area contributed by atoms with Crippen molar-refractivity contribution in [3.8, 4) is 5.75 Å². The molecule has 1 N–H and O–H groups in total. The summed E-state index contributed by atoms with van der Waals surface area (Å²) in [5, 5.41) is 1.08. The molecule has 1 fully saturated rings. The molecule has 0 bridgehead atoms. The average molecular weight is 403 g/mol. The third kappa shape index (κ3) is 3.66. The van der Waals surface area contributed by atoms with E-state index in [4.69, 9.17) is 4.74 Å². The molecule has 1 aromatic carbocycles. The van der Waals surface area contributed by atoms with Crippen molar-refractivity contribution in [3.63, 3.8) is 0 Å². The Morgan fingerprint density at radius 1 is 1.24 bits per heavy atom. The number of rotatable bonds is 3. The number of amides is 1. The second kappa shape index (κ2) is 7.42. The lowest BCUT2D eigenvalue weighted by Crippen LogP contribution is -2.38. The number of ether oxygens (including phenoxy) is 1. The summed E-state index contributed by atoms with van der Waals surface area (Å²) in [7, 11) is 1.27. The summed E-state index contributed by atoms with van der Waals surface area (Å²) in [5.74, 6) is -0.0734. The zero-order valence-electron chi connectivity index (χ0n) is 15.8. The molecule has 0 atom stereocenters. The zero-order chi connectivity index (χ0) is 20.6. The first-order valence-electron chi connectivity index (χ1n) is 9.35. The van der Waals surface area contributed by atoms with E-state index in [0.29, 0.717) is 19.0 Å². The summed E-state index contributed by atoms with van der Waals surface area (Å²) in [6, 6.07) is 6.91. The van der Waals surface area contributed by atoms with Crippen LogP contribution in [0.1, 0.15) is 40.2 Å². The number of fused-ring (bicyclic) bond motifs is 1. The van der Waals surface area contributed by atoms with Crippen molar-refractivity contribution in [3.05, 3.63) is 59.4 Å². The number of methoxy groups -OCH3 is 1. The van der Waals surface area contributed by atoms with E-state index >= 15 is 0 Å². The highest BCUT2D eigenvalue weighted by Crippen LogP contribution is 2.35. The zero-order valence-corrected chi connectivity index (χ0v) is 15.8. The second-order valence-electron chi connectivity index (χ2n) is 7.12. The first kappa shape index (κ1) is 19.3. The number of H-pyrrole nitrogens is 1. The van der Waals surface area contributed by atoms with Crippen LogP contribution in [-0.2, 0) is 6.18 Å². The van der Waals surface area contributed by atoms with E-state index in [0.717, 1.165) is 36.0 Å². The molecular formula is C21H20F3N3O2. The third-order valence-corrected chi connectivity index (χ3v) is 5.46. The maximum atomic E-state index is 12.9. The van der Waals surface area contributed by atoms with Crippen molar-refractivity contribution >= 4 is 16.9 Å². The number of piperidine rings is 1. The van der Waals surface area contributed by atoms with Gasteiger partial charge in [-0.2, -0.15) is 13.2 Å². The molecule has 1 aliphatic rings. The quantitative estimate of drug-likeness (QED) is 0.695. The Morgan fingerprint density at radius 2 is 2.00 bits per heavy atom. The van der Waals surface area contributed by atoms with E-state index < -0.39 is 11.7 Å². The van der Waals surface area contributed by atoms with Crippen LogP contribution in [0.3, 0.4) is 0 Å². The number of nitrogens with one attached hydrogen (secondary N) is 1. The lowest BCUT2D eigenvalue weighted by Gasteiger charge is -2.32. The summed E-state index contributed by atoms with van der Waals surface area (Å²) >= 11 is 0. The molecule has 29 heavy (non-hydrogen) atoms. The number of hydrogen-bond donors (Lipinski definition) is 1. The highest BCUT2D eigenvalue weighted by molar-refractivity contribution is 5.97. The van der Waals surface area contributed by atoms with Gasteiger partial charge in [-0.1, -0.05) is 0 Å². The summed E-state index contributed by atoms with van der Waals surface area (Å²) < 4.78 is 43.8. The van der Waals surface area contributed by atoms with E-state index in [1.165, 1.54) is 18.7 Å². The van der Waals surface area contributed by atoms with E-state index in [2.05, 4.69) is 9.97 Å². The summed E-state index contributed by atoms with van der Waals surface area (Å²) in [6.07, 6.45) is 0.772. The molecule has 0 radical (unpaired) electrons. The molecule has 2 aromatic heterocycles. The van der Waals surface area contributed by atoms with Crippen LogP contribution in [0.2, 0.25) is 0 Å². The molecular weight excluding hydrogens is 383 g/mol.